The fraction of sp³-hybridized carbons (Fsp3) is 0. The van der Waals surface area contributed by atoms with Gasteiger partial charge in [-0.3, -0.25) is 10.1 Å². The van der Waals surface area contributed by atoms with Gasteiger partial charge in [0.2, 0.25) is 0 Å². The first-order valence-corrected chi connectivity index (χ1v) is 11.7. The molecule has 0 radical (unpaired) electrons. The SMILES string of the molecule is O=C(Nc1nc(-c2ccccc2)c(-c2ccc(-c3ccccc3)cc2)s1)c1cccc(Cl)c1. The summed E-state index contributed by atoms with van der Waals surface area (Å²) in [6.07, 6.45) is 0. The molecule has 33 heavy (non-hydrogen) atoms. The molecule has 4 aromatic carbocycles. The zero-order chi connectivity index (χ0) is 22.6. The molecule has 160 valence electrons. The summed E-state index contributed by atoms with van der Waals surface area (Å²) in [5.41, 5.74) is 5.71. The van der Waals surface area contributed by atoms with E-state index in [1.807, 2.05) is 48.5 Å². The third-order valence-corrected chi connectivity index (χ3v) is 6.49. The number of halogens is 1. The van der Waals surface area contributed by atoms with Gasteiger partial charge in [-0.1, -0.05) is 114 Å². The molecular weight excluding hydrogens is 448 g/mol. The summed E-state index contributed by atoms with van der Waals surface area (Å²) < 4.78 is 0. The predicted octanol–water partition coefficient (Wildman–Crippen LogP) is 8.05. The van der Waals surface area contributed by atoms with E-state index in [0.717, 1.165) is 27.3 Å². The first-order valence-electron chi connectivity index (χ1n) is 10.5. The maximum absolute atomic E-state index is 12.8. The molecule has 0 spiro atoms. The third-order valence-electron chi connectivity index (χ3n) is 5.24. The number of amides is 1. The van der Waals surface area contributed by atoms with Gasteiger partial charge in [0.1, 0.15) is 0 Å². The average Bonchev–Trinajstić information content (AvgIpc) is 3.29. The predicted molar refractivity (Wildman–Crippen MR) is 138 cm³/mol. The Hall–Kier alpha value is -3.73. The number of hydrogen-bond acceptors (Lipinski definition) is 3. The van der Waals surface area contributed by atoms with Crippen molar-refractivity contribution in [3.8, 4) is 32.8 Å². The number of anilines is 1. The summed E-state index contributed by atoms with van der Waals surface area (Å²) in [4.78, 5) is 18.5. The Bertz CT molecular complexity index is 1400. The van der Waals surface area contributed by atoms with Crippen molar-refractivity contribution in [3.63, 3.8) is 0 Å². The topological polar surface area (TPSA) is 42.0 Å². The summed E-state index contributed by atoms with van der Waals surface area (Å²) in [5.74, 6) is -0.239. The maximum Gasteiger partial charge on any atom is 0.257 e. The Morgan fingerprint density at radius 3 is 1.97 bits per heavy atom. The van der Waals surface area contributed by atoms with Crippen LogP contribution in [0.1, 0.15) is 10.4 Å². The van der Waals surface area contributed by atoms with Crippen LogP contribution < -0.4 is 5.32 Å². The van der Waals surface area contributed by atoms with E-state index in [0.29, 0.717) is 15.7 Å². The van der Waals surface area contributed by atoms with Gasteiger partial charge in [0.25, 0.3) is 5.91 Å². The number of nitrogens with zero attached hydrogens (tertiary/aromatic N) is 1. The second kappa shape index (κ2) is 9.41. The lowest BCUT2D eigenvalue weighted by Gasteiger charge is -2.05. The molecule has 0 aliphatic heterocycles. The number of aromatic nitrogens is 1. The Morgan fingerprint density at radius 1 is 0.697 bits per heavy atom. The van der Waals surface area contributed by atoms with Crippen molar-refractivity contribution in [2.24, 2.45) is 0 Å². The number of rotatable bonds is 5. The quantitative estimate of drug-likeness (QED) is 0.284. The molecule has 1 amide bonds. The van der Waals surface area contributed by atoms with Gasteiger partial charge in [-0.2, -0.15) is 0 Å². The van der Waals surface area contributed by atoms with E-state index < -0.39 is 0 Å². The maximum atomic E-state index is 12.8. The number of benzene rings is 4. The minimum absolute atomic E-state index is 0.239. The minimum atomic E-state index is -0.239. The highest BCUT2D eigenvalue weighted by Crippen LogP contribution is 2.39. The van der Waals surface area contributed by atoms with E-state index >= 15 is 0 Å². The molecule has 5 heteroatoms. The highest BCUT2D eigenvalue weighted by molar-refractivity contribution is 7.19. The van der Waals surface area contributed by atoms with E-state index in [-0.39, 0.29) is 5.91 Å². The van der Waals surface area contributed by atoms with Gasteiger partial charge in [-0.25, -0.2) is 4.98 Å². The fourth-order valence-corrected chi connectivity index (χ4v) is 4.78. The van der Waals surface area contributed by atoms with Gasteiger partial charge >= 0.3 is 0 Å². The molecular formula is C28H19ClN2OS. The van der Waals surface area contributed by atoms with Crippen LogP contribution in [0.2, 0.25) is 5.02 Å². The summed E-state index contributed by atoms with van der Waals surface area (Å²) in [6, 6.07) is 35.6. The van der Waals surface area contributed by atoms with E-state index in [1.54, 1.807) is 24.3 Å². The molecule has 0 fully saturated rings. The van der Waals surface area contributed by atoms with Crippen molar-refractivity contribution < 1.29 is 4.79 Å². The lowest BCUT2D eigenvalue weighted by Crippen LogP contribution is -2.11. The first-order chi connectivity index (χ1) is 16.2. The molecule has 0 bridgehead atoms. The molecule has 0 saturated carbocycles. The molecule has 0 saturated heterocycles. The van der Waals surface area contributed by atoms with Gasteiger partial charge in [-0.05, 0) is 34.9 Å². The van der Waals surface area contributed by atoms with Crippen LogP contribution in [-0.2, 0) is 0 Å². The summed E-state index contributed by atoms with van der Waals surface area (Å²) in [7, 11) is 0. The number of nitrogens with one attached hydrogen (secondary N) is 1. The fourth-order valence-electron chi connectivity index (χ4n) is 3.60. The second-order valence-corrected chi connectivity index (χ2v) is 8.91. The van der Waals surface area contributed by atoms with Gasteiger partial charge in [0, 0.05) is 16.1 Å². The molecule has 0 unspecified atom stereocenters. The number of hydrogen-bond donors (Lipinski definition) is 1. The normalized spacial score (nSPS) is 10.7. The van der Waals surface area contributed by atoms with Crippen LogP contribution in [0.25, 0.3) is 32.8 Å². The molecule has 0 aliphatic rings. The lowest BCUT2D eigenvalue weighted by atomic mass is 10.0. The highest BCUT2D eigenvalue weighted by Gasteiger charge is 2.17. The molecule has 5 rings (SSSR count). The Morgan fingerprint density at radius 2 is 1.30 bits per heavy atom. The van der Waals surface area contributed by atoms with Gasteiger partial charge in [-0.15, -0.1) is 0 Å². The monoisotopic (exact) mass is 466 g/mol. The first kappa shape index (κ1) is 21.1. The van der Waals surface area contributed by atoms with Crippen LogP contribution in [0.5, 0.6) is 0 Å². The minimum Gasteiger partial charge on any atom is -0.298 e. The summed E-state index contributed by atoms with van der Waals surface area (Å²) in [6.45, 7) is 0. The summed E-state index contributed by atoms with van der Waals surface area (Å²) in [5, 5.41) is 3.99. The summed E-state index contributed by atoms with van der Waals surface area (Å²) >= 11 is 7.51. The molecule has 3 nitrogen and oxygen atoms in total. The van der Waals surface area contributed by atoms with Crippen LogP contribution in [-0.4, -0.2) is 10.9 Å². The van der Waals surface area contributed by atoms with Crippen molar-refractivity contribution >= 4 is 34.0 Å². The average molecular weight is 467 g/mol. The van der Waals surface area contributed by atoms with Crippen LogP contribution in [0.4, 0.5) is 5.13 Å². The largest absolute Gasteiger partial charge is 0.298 e. The van der Waals surface area contributed by atoms with Crippen molar-refractivity contribution in [2.75, 3.05) is 5.32 Å². The zero-order valence-electron chi connectivity index (χ0n) is 17.5. The Labute approximate surface area is 201 Å². The van der Waals surface area contributed by atoms with E-state index in [1.165, 1.54) is 16.9 Å². The second-order valence-electron chi connectivity index (χ2n) is 7.47. The molecule has 5 aromatic rings. The van der Waals surface area contributed by atoms with Crippen LogP contribution in [0.15, 0.2) is 109 Å². The van der Waals surface area contributed by atoms with Crippen molar-refractivity contribution in [3.05, 3.63) is 120 Å². The van der Waals surface area contributed by atoms with E-state index in [9.17, 15) is 4.79 Å². The van der Waals surface area contributed by atoms with Crippen LogP contribution in [0.3, 0.4) is 0 Å². The van der Waals surface area contributed by atoms with Crippen molar-refractivity contribution in [2.45, 2.75) is 0 Å². The van der Waals surface area contributed by atoms with Crippen LogP contribution in [0, 0.1) is 0 Å². The Balaban J connectivity index is 1.51. The smallest absolute Gasteiger partial charge is 0.257 e. The zero-order valence-corrected chi connectivity index (χ0v) is 19.1. The number of carbonyl (C=O) groups excluding carboxylic acids is 1. The number of thiazole rings is 1. The van der Waals surface area contributed by atoms with Gasteiger partial charge in [0.05, 0.1) is 10.6 Å². The molecule has 1 N–H and O–H groups in total. The van der Waals surface area contributed by atoms with Gasteiger partial charge in [0.15, 0.2) is 5.13 Å². The van der Waals surface area contributed by atoms with Crippen molar-refractivity contribution in [1.29, 1.82) is 0 Å². The van der Waals surface area contributed by atoms with E-state index in [4.69, 9.17) is 16.6 Å². The third kappa shape index (κ3) is 4.72. The molecule has 0 aliphatic carbocycles. The van der Waals surface area contributed by atoms with E-state index in [2.05, 4.69) is 41.7 Å². The molecule has 1 aromatic heterocycles. The number of carbonyl (C=O) groups is 1. The lowest BCUT2D eigenvalue weighted by molar-refractivity contribution is 0.102. The van der Waals surface area contributed by atoms with Crippen molar-refractivity contribution in [1.82, 2.24) is 4.98 Å². The van der Waals surface area contributed by atoms with Crippen LogP contribution >= 0.6 is 22.9 Å². The molecule has 1 heterocycles. The standard InChI is InChI=1S/C28H19ClN2OS/c29-24-13-7-12-23(18-24)27(32)31-28-30-25(21-10-5-2-6-11-21)26(33-28)22-16-14-20(15-17-22)19-8-3-1-4-9-19/h1-18H,(H,30,31,32). The highest BCUT2D eigenvalue weighted by atomic mass is 35.5. The van der Waals surface area contributed by atoms with Gasteiger partial charge < -0.3 is 0 Å². The Kier molecular flexibility index (Phi) is 6.03. The molecule has 0 atom stereocenters.